The minimum absolute atomic E-state index is 0.0555. The number of nitrogens with one attached hydrogen (secondary N) is 2. The quantitative estimate of drug-likeness (QED) is 0.492. The fourth-order valence-electron chi connectivity index (χ4n) is 2.72. The van der Waals surface area contributed by atoms with Crippen LogP contribution in [0.2, 0.25) is 0 Å². The zero-order chi connectivity index (χ0) is 13.0. The summed E-state index contributed by atoms with van der Waals surface area (Å²) in [6, 6.07) is 13.7. The average Bonchev–Trinajstić information content (AvgIpc) is 2.80. The van der Waals surface area contributed by atoms with E-state index >= 15 is 0 Å². The molecule has 0 aliphatic carbocycles. The minimum atomic E-state index is 0.0555. The normalized spacial score (nSPS) is 11.6. The van der Waals surface area contributed by atoms with E-state index < -0.39 is 0 Å². The molecule has 0 bridgehead atoms. The first-order valence-electron chi connectivity index (χ1n) is 6.28. The molecule has 2 aromatic carbocycles. The fraction of sp³-hybridized carbons (Fsp3) is 0.0625. The van der Waals surface area contributed by atoms with Crippen LogP contribution in [0, 0.1) is 6.92 Å². The van der Waals surface area contributed by atoms with Crippen LogP contribution in [0.4, 0.5) is 0 Å². The maximum absolute atomic E-state index is 12.5. The molecular weight excluding hydrogens is 236 g/mol. The van der Waals surface area contributed by atoms with Crippen molar-refractivity contribution in [2.24, 2.45) is 0 Å². The maximum Gasteiger partial charge on any atom is 0.213 e. The number of aryl methyl sites for hydroxylation is 1. The molecule has 0 spiro atoms. The summed E-state index contributed by atoms with van der Waals surface area (Å²) < 4.78 is 0. The van der Waals surface area contributed by atoms with Gasteiger partial charge in [0.25, 0.3) is 0 Å². The molecule has 0 saturated carbocycles. The van der Waals surface area contributed by atoms with Crippen molar-refractivity contribution in [3.63, 3.8) is 0 Å². The maximum atomic E-state index is 12.5. The first kappa shape index (κ1) is 10.4. The summed E-state index contributed by atoms with van der Waals surface area (Å²) in [6.45, 7) is 2.04. The monoisotopic (exact) mass is 248 g/mol. The van der Waals surface area contributed by atoms with Gasteiger partial charge in [-0.05, 0) is 24.6 Å². The van der Waals surface area contributed by atoms with Crippen LogP contribution in [0.3, 0.4) is 0 Å². The Labute approximate surface area is 108 Å². The number of pyridine rings is 1. The van der Waals surface area contributed by atoms with Gasteiger partial charge in [-0.3, -0.25) is 4.79 Å². The number of hydrogen-bond donors (Lipinski definition) is 2. The van der Waals surface area contributed by atoms with Gasteiger partial charge in [-0.25, -0.2) is 0 Å². The molecule has 4 rings (SSSR count). The van der Waals surface area contributed by atoms with E-state index in [2.05, 4.69) is 9.97 Å². The van der Waals surface area contributed by atoms with Gasteiger partial charge in [0.1, 0.15) is 5.52 Å². The predicted molar refractivity (Wildman–Crippen MR) is 78.7 cm³/mol. The highest BCUT2D eigenvalue weighted by Gasteiger charge is 2.11. The molecule has 4 aromatic rings. The molecular formula is C16H12N2O. The van der Waals surface area contributed by atoms with E-state index in [-0.39, 0.29) is 5.43 Å². The van der Waals surface area contributed by atoms with Gasteiger partial charge in [-0.15, -0.1) is 0 Å². The average molecular weight is 248 g/mol. The summed E-state index contributed by atoms with van der Waals surface area (Å²) in [4.78, 5) is 19.1. The van der Waals surface area contributed by atoms with Gasteiger partial charge in [-0.1, -0.05) is 30.3 Å². The number of para-hydroxylation sites is 2. The van der Waals surface area contributed by atoms with Crippen LogP contribution in [0.5, 0.6) is 0 Å². The predicted octanol–water partition coefficient (Wildman–Crippen LogP) is 3.47. The number of hydrogen-bond acceptors (Lipinski definition) is 1. The van der Waals surface area contributed by atoms with Crippen LogP contribution in [-0.4, -0.2) is 9.97 Å². The molecule has 2 N–H and O–H groups in total. The number of aromatic amines is 2. The van der Waals surface area contributed by atoms with E-state index in [1.807, 2.05) is 49.4 Å². The molecule has 0 aliphatic heterocycles. The molecule has 0 radical (unpaired) electrons. The Morgan fingerprint density at radius 1 is 0.789 bits per heavy atom. The Kier molecular flexibility index (Phi) is 1.90. The summed E-state index contributed by atoms with van der Waals surface area (Å²) in [5, 5.41) is 1.79. The molecule has 0 fully saturated rings. The SMILES string of the molecule is Cc1cccc2c1[nH]c1c(=O)c3ccccc3[nH]c12. The first-order chi connectivity index (χ1) is 9.25. The number of fused-ring (bicyclic) bond motifs is 4. The van der Waals surface area contributed by atoms with Gasteiger partial charge in [-0.2, -0.15) is 0 Å². The third kappa shape index (κ3) is 1.30. The second kappa shape index (κ2) is 3.48. The number of rotatable bonds is 0. The Bertz CT molecular complexity index is 992. The second-order valence-electron chi connectivity index (χ2n) is 4.87. The lowest BCUT2D eigenvalue weighted by molar-refractivity contribution is 1.43. The molecule has 3 nitrogen and oxygen atoms in total. The molecule has 0 unspecified atom stereocenters. The van der Waals surface area contributed by atoms with E-state index in [0.717, 1.165) is 32.9 Å². The molecule has 19 heavy (non-hydrogen) atoms. The molecule has 0 saturated heterocycles. The van der Waals surface area contributed by atoms with Crippen LogP contribution < -0.4 is 5.43 Å². The zero-order valence-corrected chi connectivity index (χ0v) is 10.4. The lowest BCUT2D eigenvalue weighted by Crippen LogP contribution is -2.03. The summed E-state index contributed by atoms with van der Waals surface area (Å²) in [7, 11) is 0. The Morgan fingerprint density at radius 2 is 1.58 bits per heavy atom. The van der Waals surface area contributed by atoms with Crippen molar-refractivity contribution in [3.8, 4) is 0 Å². The largest absolute Gasteiger partial charge is 0.353 e. The Hall–Kier alpha value is -2.55. The lowest BCUT2D eigenvalue weighted by Gasteiger charge is -1.98. The van der Waals surface area contributed by atoms with Crippen LogP contribution in [0.1, 0.15) is 5.56 Å². The smallest absolute Gasteiger partial charge is 0.213 e. The highest BCUT2D eigenvalue weighted by atomic mass is 16.1. The molecule has 0 amide bonds. The molecule has 0 aliphatic rings. The zero-order valence-electron chi connectivity index (χ0n) is 10.4. The molecule has 0 atom stereocenters. The van der Waals surface area contributed by atoms with E-state index in [9.17, 15) is 4.79 Å². The minimum Gasteiger partial charge on any atom is -0.353 e. The van der Waals surface area contributed by atoms with Gasteiger partial charge in [0.05, 0.1) is 11.0 Å². The van der Waals surface area contributed by atoms with Crippen molar-refractivity contribution < 1.29 is 0 Å². The van der Waals surface area contributed by atoms with Crippen LogP contribution in [0.25, 0.3) is 32.8 Å². The van der Waals surface area contributed by atoms with E-state index in [1.165, 1.54) is 0 Å². The van der Waals surface area contributed by atoms with E-state index in [4.69, 9.17) is 0 Å². The second-order valence-corrected chi connectivity index (χ2v) is 4.87. The van der Waals surface area contributed by atoms with Crippen molar-refractivity contribution in [2.45, 2.75) is 6.92 Å². The molecule has 2 aromatic heterocycles. The lowest BCUT2D eigenvalue weighted by atomic mass is 10.1. The highest BCUT2D eigenvalue weighted by molar-refractivity contribution is 6.08. The van der Waals surface area contributed by atoms with E-state index in [0.29, 0.717) is 5.52 Å². The van der Waals surface area contributed by atoms with E-state index in [1.54, 1.807) is 0 Å². The summed E-state index contributed by atoms with van der Waals surface area (Å²) in [5.74, 6) is 0. The Morgan fingerprint density at radius 3 is 2.47 bits per heavy atom. The van der Waals surface area contributed by atoms with Gasteiger partial charge in [0.2, 0.25) is 5.43 Å². The standard InChI is InChI=1S/C16H12N2O/c1-9-5-4-7-11-13(9)18-15-14(11)17-12-8-3-2-6-10(12)16(15)19/h2-8,18H,1H3,(H,17,19). The summed E-state index contributed by atoms with van der Waals surface area (Å²) in [5.41, 5.74) is 4.65. The summed E-state index contributed by atoms with van der Waals surface area (Å²) >= 11 is 0. The van der Waals surface area contributed by atoms with Crippen molar-refractivity contribution in [3.05, 3.63) is 58.3 Å². The Balaban J connectivity index is 2.37. The van der Waals surface area contributed by atoms with Crippen LogP contribution in [-0.2, 0) is 0 Å². The van der Waals surface area contributed by atoms with Crippen molar-refractivity contribution in [2.75, 3.05) is 0 Å². The van der Waals surface area contributed by atoms with Gasteiger partial charge < -0.3 is 9.97 Å². The van der Waals surface area contributed by atoms with Gasteiger partial charge >= 0.3 is 0 Å². The van der Waals surface area contributed by atoms with Crippen LogP contribution >= 0.6 is 0 Å². The van der Waals surface area contributed by atoms with Crippen molar-refractivity contribution in [1.82, 2.24) is 9.97 Å². The van der Waals surface area contributed by atoms with Gasteiger partial charge in [0, 0.05) is 16.3 Å². The topological polar surface area (TPSA) is 48.6 Å². The van der Waals surface area contributed by atoms with Crippen molar-refractivity contribution >= 4 is 32.8 Å². The van der Waals surface area contributed by atoms with Gasteiger partial charge in [0.15, 0.2) is 0 Å². The third-order valence-electron chi connectivity index (χ3n) is 3.70. The summed E-state index contributed by atoms with van der Waals surface area (Å²) in [6.07, 6.45) is 0. The fourth-order valence-corrected chi connectivity index (χ4v) is 2.72. The third-order valence-corrected chi connectivity index (χ3v) is 3.70. The first-order valence-corrected chi connectivity index (χ1v) is 6.28. The molecule has 2 heterocycles. The number of H-pyrrole nitrogens is 2. The highest BCUT2D eigenvalue weighted by Crippen LogP contribution is 2.25. The van der Waals surface area contributed by atoms with Crippen molar-refractivity contribution in [1.29, 1.82) is 0 Å². The van der Waals surface area contributed by atoms with Crippen LogP contribution in [0.15, 0.2) is 47.3 Å². The number of aromatic nitrogens is 2. The molecule has 92 valence electrons. The number of benzene rings is 2. The molecule has 3 heteroatoms.